The zero-order valence-corrected chi connectivity index (χ0v) is 15.6. The summed E-state index contributed by atoms with van der Waals surface area (Å²) in [4.78, 5) is 11.4. The molecule has 0 spiro atoms. The standard InChI is InChI=1S/C21H25N5O/c1-16-15-26(13-12-22-16)20-11-10-18(14-23-20)21-24-19(25-27-21)9-5-8-17-6-3-2-4-7-17/h2-4,6-7,10-11,14,16,22H,5,8-9,12-13,15H2,1H3. The van der Waals surface area contributed by atoms with E-state index in [1.165, 1.54) is 5.56 Å². The Morgan fingerprint density at radius 3 is 2.81 bits per heavy atom. The van der Waals surface area contributed by atoms with Gasteiger partial charge in [0.25, 0.3) is 5.89 Å². The molecular weight excluding hydrogens is 338 g/mol. The largest absolute Gasteiger partial charge is 0.354 e. The molecule has 1 aliphatic heterocycles. The van der Waals surface area contributed by atoms with Gasteiger partial charge in [0, 0.05) is 38.3 Å². The zero-order valence-electron chi connectivity index (χ0n) is 15.6. The van der Waals surface area contributed by atoms with Crippen molar-refractivity contribution in [3.63, 3.8) is 0 Å². The predicted octanol–water partition coefficient (Wildman–Crippen LogP) is 3.11. The smallest absolute Gasteiger partial charge is 0.259 e. The molecule has 3 aromatic rings. The number of rotatable bonds is 6. The second kappa shape index (κ2) is 8.31. The van der Waals surface area contributed by atoms with Crippen molar-refractivity contribution in [1.82, 2.24) is 20.4 Å². The van der Waals surface area contributed by atoms with E-state index in [-0.39, 0.29) is 0 Å². The lowest BCUT2D eigenvalue weighted by molar-refractivity contribution is 0.421. The average Bonchev–Trinajstić information content (AvgIpc) is 3.18. The van der Waals surface area contributed by atoms with Crippen LogP contribution in [0.5, 0.6) is 0 Å². The van der Waals surface area contributed by atoms with E-state index in [1.807, 2.05) is 24.4 Å². The van der Waals surface area contributed by atoms with Crippen LogP contribution in [0.15, 0.2) is 53.2 Å². The maximum Gasteiger partial charge on any atom is 0.259 e. The van der Waals surface area contributed by atoms with Crippen LogP contribution >= 0.6 is 0 Å². The number of anilines is 1. The molecule has 0 amide bonds. The van der Waals surface area contributed by atoms with Crippen LogP contribution in [0, 0.1) is 0 Å². The summed E-state index contributed by atoms with van der Waals surface area (Å²) in [7, 11) is 0. The molecule has 2 aromatic heterocycles. The predicted molar refractivity (Wildman–Crippen MR) is 106 cm³/mol. The zero-order chi connectivity index (χ0) is 18.5. The van der Waals surface area contributed by atoms with Gasteiger partial charge in [0.05, 0.1) is 5.56 Å². The van der Waals surface area contributed by atoms with Gasteiger partial charge in [-0.15, -0.1) is 0 Å². The summed E-state index contributed by atoms with van der Waals surface area (Å²) in [6, 6.07) is 15.0. The summed E-state index contributed by atoms with van der Waals surface area (Å²) in [5, 5.41) is 7.56. The van der Waals surface area contributed by atoms with Crippen LogP contribution in [-0.2, 0) is 12.8 Å². The molecule has 4 rings (SSSR count). The molecule has 1 atom stereocenters. The first-order chi connectivity index (χ1) is 13.3. The van der Waals surface area contributed by atoms with Crippen LogP contribution in [0.1, 0.15) is 24.7 Å². The second-order valence-corrected chi connectivity index (χ2v) is 7.06. The summed E-state index contributed by atoms with van der Waals surface area (Å²) in [6.45, 7) is 5.13. The molecule has 0 aliphatic carbocycles. The van der Waals surface area contributed by atoms with E-state index in [4.69, 9.17) is 4.52 Å². The molecule has 6 heteroatoms. The van der Waals surface area contributed by atoms with Crippen LogP contribution in [0.3, 0.4) is 0 Å². The number of pyridine rings is 1. The Hall–Kier alpha value is -2.73. The molecule has 6 nitrogen and oxygen atoms in total. The highest BCUT2D eigenvalue weighted by atomic mass is 16.5. The van der Waals surface area contributed by atoms with Gasteiger partial charge >= 0.3 is 0 Å². The van der Waals surface area contributed by atoms with Crippen LogP contribution < -0.4 is 10.2 Å². The van der Waals surface area contributed by atoms with E-state index in [1.54, 1.807) is 0 Å². The Morgan fingerprint density at radius 2 is 2.04 bits per heavy atom. The quantitative estimate of drug-likeness (QED) is 0.726. The van der Waals surface area contributed by atoms with E-state index in [2.05, 4.69) is 56.5 Å². The molecule has 1 N–H and O–H groups in total. The molecule has 1 fully saturated rings. The molecule has 1 unspecified atom stereocenters. The minimum Gasteiger partial charge on any atom is -0.354 e. The highest BCUT2D eigenvalue weighted by Gasteiger charge is 2.17. The number of hydrogen-bond acceptors (Lipinski definition) is 6. The van der Waals surface area contributed by atoms with E-state index in [0.29, 0.717) is 11.9 Å². The van der Waals surface area contributed by atoms with Crippen LogP contribution in [-0.4, -0.2) is 40.8 Å². The van der Waals surface area contributed by atoms with Crippen molar-refractivity contribution >= 4 is 5.82 Å². The molecule has 0 saturated carbocycles. The Bertz CT molecular complexity index is 847. The number of hydrogen-bond donors (Lipinski definition) is 1. The number of aromatic nitrogens is 3. The minimum absolute atomic E-state index is 0.481. The van der Waals surface area contributed by atoms with Crippen molar-refractivity contribution in [3.05, 3.63) is 60.0 Å². The van der Waals surface area contributed by atoms with Gasteiger partial charge < -0.3 is 14.7 Å². The van der Waals surface area contributed by atoms with Crippen molar-refractivity contribution in [2.75, 3.05) is 24.5 Å². The Morgan fingerprint density at radius 1 is 1.15 bits per heavy atom. The number of aryl methyl sites for hydroxylation is 2. The summed E-state index contributed by atoms with van der Waals surface area (Å²) >= 11 is 0. The maximum absolute atomic E-state index is 5.43. The third-order valence-corrected chi connectivity index (χ3v) is 4.86. The first-order valence-electron chi connectivity index (χ1n) is 9.59. The summed E-state index contributed by atoms with van der Waals surface area (Å²) in [6.07, 6.45) is 4.65. The third kappa shape index (κ3) is 4.52. The van der Waals surface area contributed by atoms with Crippen LogP contribution in [0.25, 0.3) is 11.5 Å². The first-order valence-corrected chi connectivity index (χ1v) is 9.59. The highest BCUT2D eigenvalue weighted by molar-refractivity contribution is 5.54. The van der Waals surface area contributed by atoms with Crippen molar-refractivity contribution < 1.29 is 4.52 Å². The van der Waals surface area contributed by atoms with Gasteiger partial charge in [-0.2, -0.15) is 4.98 Å². The van der Waals surface area contributed by atoms with Gasteiger partial charge in [-0.25, -0.2) is 4.98 Å². The number of nitrogens with zero attached hydrogens (tertiary/aromatic N) is 4. The molecule has 27 heavy (non-hydrogen) atoms. The fourth-order valence-corrected chi connectivity index (χ4v) is 3.41. The Balaban J connectivity index is 1.35. The third-order valence-electron chi connectivity index (χ3n) is 4.86. The van der Waals surface area contributed by atoms with E-state index >= 15 is 0 Å². The van der Waals surface area contributed by atoms with Gasteiger partial charge in [-0.05, 0) is 37.5 Å². The number of benzene rings is 1. The lowest BCUT2D eigenvalue weighted by Gasteiger charge is -2.32. The van der Waals surface area contributed by atoms with Gasteiger partial charge in [-0.1, -0.05) is 35.5 Å². The molecule has 140 valence electrons. The maximum atomic E-state index is 5.43. The van der Waals surface area contributed by atoms with E-state index in [0.717, 1.165) is 56.1 Å². The molecule has 0 radical (unpaired) electrons. The highest BCUT2D eigenvalue weighted by Crippen LogP contribution is 2.20. The monoisotopic (exact) mass is 363 g/mol. The fourth-order valence-electron chi connectivity index (χ4n) is 3.41. The fraction of sp³-hybridized carbons (Fsp3) is 0.381. The Kier molecular flexibility index (Phi) is 5.44. The van der Waals surface area contributed by atoms with Crippen molar-refractivity contribution in [2.24, 2.45) is 0 Å². The Labute approximate surface area is 159 Å². The van der Waals surface area contributed by atoms with Gasteiger partial charge in [-0.3, -0.25) is 0 Å². The van der Waals surface area contributed by atoms with Crippen molar-refractivity contribution in [1.29, 1.82) is 0 Å². The molecule has 1 aliphatic rings. The molecule has 3 heterocycles. The van der Waals surface area contributed by atoms with Crippen molar-refractivity contribution in [2.45, 2.75) is 32.2 Å². The lowest BCUT2D eigenvalue weighted by atomic mass is 10.1. The molecule has 0 bridgehead atoms. The van der Waals surface area contributed by atoms with Gasteiger partial charge in [0.1, 0.15) is 5.82 Å². The molecular formula is C21H25N5O. The summed E-state index contributed by atoms with van der Waals surface area (Å²) in [5.41, 5.74) is 2.20. The van der Waals surface area contributed by atoms with Crippen LogP contribution in [0.4, 0.5) is 5.82 Å². The average molecular weight is 363 g/mol. The van der Waals surface area contributed by atoms with Gasteiger partial charge in [0.2, 0.25) is 0 Å². The molecule has 1 aromatic carbocycles. The van der Waals surface area contributed by atoms with Crippen LogP contribution in [0.2, 0.25) is 0 Å². The SMILES string of the molecule is CC1CN(c2ccc(-c3nc(CCCc4ccccc4)no3)cn2)CCN1. The normalized spacial score (nSPS) is 17.2. The lowest BCUT2D eigenvalue weighted by Crippen LogP contribution is -2.49. The second-order valence-electron chi connectivity index (χ2n) is 7.06. The number of piperazine rings is 1. The van der Waals surface area contributed by atoms with Crippen molar-refractivity contribution in [3.8, 4) is 11.5 Å². The summed E-state index contributed by atoms with van der Waals surface area (Å²) < 4.78 is 5.43. The minimum atomic E-state index is 0.481. The first kappa shape index (κ1) is 17.7. The summed E-state index contributed by atoms with van der Waals surface area (Å²) in [5.74, 6) is 2.29. The topological polar surface area (TPSA) is 67.1 Å². The van der Waals surface area contributed by atoms with E-state index < -0.39 is 0 Å². The number of nitrogens with one attached hydrogen (secondary N) is 1. The van der Waals surface area contributed by atoms with Gasteiger partial charge in [0.15, 0.2) is 5.82 Å². The molecule has 1 saturated heterocycles. The van der Waals surface area contributed by atoms with E-state index in [9.17, 15) is 0 Å².